The largest absolute Gasteiger partial charge is 0.355 e. The van der Waals surface area contributed by atoms with Crippen molar-refractivity contribution in [3.8, 4) is 0 Å². The molecular formula is C19H27ClN6. The number of aromatic nitrogens is 3. The quantitative estimate of drug-likeness (QED) is 0.577. The van der Waals surface area contributed by atoms with Crippen LogP contribution in [0.2, 0.25) is 5.02 Å². The van der Waals surface area contributed by atoms with Gasteiger partial charge >= 0.3 is 0 Å². The molecule has 2 aromatic rings. The van der Waals surface area contributed by atoms with Crippen LogP contribution >= 0.6 is 11.6 Å². The summed E-state index contributed by atoms with van der Waals surface area (Å²) in [5.74, 6) is 1.88. The van der Waals surface area contributed by atoms with E-state index in [1.165, 1.54) is 25.7 Å². The van der Waals surface area contributed by atoms with E-state index >= 15 is 0 Å². The lowest BCUT2D eigenvalue weighted by molar-refractivity contribution is 0.593. The van der Waals surface area contributed by atoms with Crippen molar-refractivity contribution in [2.24, 2.45) is 4.99 Å². The van der Waals surface area contributed by atoms with Crippen LogP contribution in [0.5, 0.6) is 0 Å². The molecule has 3 rings (SSSR count). The number of guanidine groups is 1. The predicted molar refractivity (Wildman–Crippen MR) is 105 cm³/mol. The van der Waals surface area contributed by atoms with Crippen molar-refractivity contribution in [2.75, 3.05) is 6.54 Å². The van der Waals surface area contributed by atoms with Gasteiger partial charge in [0, 0.05) is 30.6 Å². The second-order valence-electron chi connectivity index (χ2n) is 6.64. The Balaban J connectivity index is 1.58. The van der Waals surface area contributed by atoms with Gasteiger partial charge in [-0.2, -0.15) is 0 Å². The summed E-state index contributed by atoms with van der Waals surface area (Å²) in [4.78, 5) is 4.76. The minimum absolute atomic E-state index is 0.521. The van der Waals surface area contributed by atoms with Crippen molar-refractivity contribution in [1.29, 1.82) is 0 Å². The SMILES string of the molecule is CCc1nncn1CCNC(=NCc1ccc(Cl)cc1)NC1CCCC1. The van der Waals surface area contributed by atoms with Crippen molar-refractivity contribution in [3.05, 3.63) is 47.0 Å². The Morgan fingerprint density at radius 2 is 2.04 bits per heavy atom. The molecule has 1 aliphatic carbocycles. The summed E-state index contributed by atoms with van der Waals surface area (Å²) in [6, 6.07) is 8.37. The van der Waals surface area contributed by atoms with Gasteiger partial charge in [-0.1, -0.05) is 43.5 Å². The van der Waals surface area contributed by atoms with Crippen LogP contribution in [-0.2, 0) is 19.5 Å². The van der Waals surface area contributed by atoms with Gasteiger partial charge in [-0.05, 0) is 30.5 Å². The number of nitrogens with zero attached hydrogens (tertiary/aromatic N) is 4. The fourth-order valence-electron chi connectivity index (χ4n) is 3.21. The molecule has 1 aliphatic rings. The third-order valence-electron chi connectivity index (χ3n) is 4.69. The number of aryl methyl sites for hydroxylation is 1. The molecule has 6 nitrogen and oxygen atoms in total. The second-order valence-corrected chi connectivity index (χ2v) is 7.07. The van der Waals surface area contributed by atoms with Crippen LogP contribution in [-0.4, -0.2) is 33.3 Å². The van der Waals surface area contributed by atoms with Crippen LogP contribution in [0.1, 0.15) is 44.0 Å². The zero-order valence-corrected chi connectivity index (χ0v) is 16.0. The zero-order chi connectivity index (χ0) is 18.2. The Kier molecular flexibility index (Phi) is 6.89. The van der Waals surface area contributed by atoms with E-state index in [1.807, 2.05) is 24.3 Å². The maximum Gasteiger partial charge on any atom is 0.191 e. The predicted octanol–water partition coefficient (Wildman–Crippen LogP) is 3.17. The minimum atomic E-state index is 0.521. The molecule has 1 saturated carbocycles. The maximum absolute atomic E-state index is 5.96. The van der Waals surface area contributed by atoms with Gasteiger partial charge in [-0.15, -0.1) is 10.2 Å². The molecule has 0 atom stereocenters. The fraction of sp³-hybridized carbons (Fsp3) is 0.526. The number of benzene rings is 1. The second kappa shape index (κ2) is 9.57. The average molecular weight is 375 g/mol. The smallest absolute Gasteiger partial charge is 0.191 e. The van der Waals surface area contributed by atoms with E-state index in [9.17, 15) is 0 Å². The third kappa shape index (κ3) is 5.46. The van der Waals surface area contributed by atoms with E-state index in [1.54, 1.807) is 6.33 Å². The Bertz CT molecular complexity index is 703. The molecule has 0 spiro atoms. The Morgan fingerprint density at radius 1 is 1.27 bits per heavy atom. The zero-order valence-electron chi connectivity index (χ0n) is 15.3. The first-order chi connectivity index (χ1) is 12.7. The van der Waals surface area contributed by atoms with Crippen molar-refractivity contribution in [2.45, 2.75) is 58.2 Å². The molecule has 1 aromatic heterocycles. The Hall–Kier alpha value is -2.08. The van der Waals surface area contributed by atoms with Crippen LogP contribution in [0.3, 0.4) is 0 Å². The van der Waals surface area contributed by atoms with E-state index in [-0.39, 0.29) is 0 Å². The molecule has 26 heavy (non-hydrogen) atoms. The summed E-state index contributed by atoms with van der Waals surface area (Å²) >= 11 is 5.96. The highest BCUT2D eigenvalue weighted by atomic mass is 35.5. The molecule has 140 valence electrons. The molecule has 7 heteroatoms. The highest BCUT2D eigenvalue weighted by Crippen LogP contribution is 2.17. The summed E-state index contributed by atoms with van der Waals surface area (Å²) in [5.41, 5.74) is 1.15. The van der Waals surface area contributed by atoms with Crippen LogP contribution in [0.25, 0.3) is 0 Å². The van der Waals surface area contributed by atoms with Gasteiger partial charge in [0.1, 0.15) is 12.2 Å². The van der Waals surface area contributed by atoms with E-state index in [4.69, 9.17) is 16.6 Å². The van der Waals surface area contributed by atoms with Crippen LogP contribution in [0, 0.1) is 0 Å². The van der Waals surface area contributed by atoms with Crippen molar-refractivity contribution < 1.29 is 0 Å². The summed E-state index contributed by atoms with van der Waals surface area (Å²) in [6.07, 6.45) is 7.69. The van der Waals surface area contributed by atoms with Crippen LogP contribution in [0.15, 0.2) is 35.6 Å². The highest BCUT2D eigenvalue weighted by Gasteiger charge is 2.16. The van der Waals surface area contributed by atoms with Gasteiger partial charge in [0.2, 0.25) is 0 Å². The summed E-state index contributed by atoms with van der Waals surface area (Å²) < 4.78 is 2.08. The van der Waals surface area contributed by atoms with E-state index in [0.29, 0.717) is 12.6 Å². The first kappa shape index (κ1) is 18.7. The van der Waals surface area contributed by atoms with E-state index < -0.39 is 0 Å². The number of hydrogen-bond donors (Lipinski definition) is 2. The maximum atomic E-state index is 5.96. The van der Waals surface area contributed by atoms with E-state index in [0.717, 1.165) is 41.9 Å². The van der Waals surface area contributed by atoms with Gasteiger partial charge in [-0.25, -0.2) is 4.99 Å². The first-order valence-electron chi connectivity index (χ1n) is 9.40. The van der Waals surface area contributed by atoms with Crippen LogP contribution in [0.4, 0.5) is 0 Å². The number of hydrogen-bond acceptors (Lipinski definition) is 3. The normalized spacial score (nSPS) is 15.4. The van der Waals surface area contributed by atoms with Gasteiger partial charge < -0.3 is 15.2 Å². The first-order valence-corrected chi connectivity index (χ1v) is 9.78. The molecule has 0 unspecified atom stereocenters. The third-order valence-corrected chi connectivity index (χ3v) is 4.94. The van der Waals surface area contributed by atoms with Crippen molar-refractivity contribution in [1.82, 2.24) is 25.4 Å². The number of nitrogens with one attached hydrogen (secondary N) is 2. The van der Waals surface area contributed by atoms with Gasteiger partial charge in [-0.3, -0.25) is 0 Å². The molecule has 0 amide bonds. The van der Waals surface area contributed by atoms with Gasteiger partial charge in [0.25, 0.3) is 0 Å². The average Bonchev–Trinajstić information content (AvgIpc) is 3.32. The van der Waals surface area contributed by atoms with Crippen LogP contribution < -0.4 is 10.6 Å². The lowest BCUT2D eigenvalue weighted by Crippen LogP contribution is -2.43. The highest BCUT2D eigenvalue weighted by molar-refractivity contribution is 6.30. The topological polar surface area (TPSA) is 67.1 Å². The molecule has 0 saturated heterocycles. The molecule has 2 N–H and O–H groups in total. The number of rotatable bonds is 7. The van der Waals surface area contributed by atoms with Crippen molar-refractivity contribution >= 4 is 17.6 Å². The summed E-state index contributed by atoms with van der Waals surface area (Å²) in [5, 5.41) is 15.9. The lowest BCUT2D eigenvalue weighted by atomic mass is 10.2. The van der Waals surface area contributed by atoms with Gasteiger partial charge in [0.15, 0.2) is 5.96 Å². The Morgan fingerprint density at radius 3 is 2.77 bits per heavy atom. The molecular weight excluding hydrogens is 348 g/mol. The lowest BCUT2D eigenvalue weighted by Gasteiger charge is -2.18. The summed E-state index contributed by atoms with van der Waals surface area (Å²) in [6.45, 7) is 4.33. The molecule has 0 radical (unpaired) electrons. The molecule has 0 aliphatic heterocycles. The molecule has 0 bridgehead atoms. The van der Waals surface area contributed by atoms with Gasteiger partial charge in [0.05, 0.1) is 6.54 Å². The minimum Gasteiger partial charge on any atom is -0.355 e. The summed E-state index contributed by atoms with van der Waals surface area (Å²) in [7, 11) is 0. The van der Waals surface area contributed by atoms with Crippen molar-refractivity contribution in [3.63, 3.8) is 0 Å². The number of aliphatic imine (C=N–C) groups is 1. The molecule has 1 fully saturated rings. The standard InChI is InChI=1S/C19H27ClN6/c1-2-18-25-23-14-26(18)12-11-21-19(24-17-5-3-4-6-17)22-13-15-7-9-16(20)10-8-15/h7-10,14,17H,2-6,11-13H2,1H3,(H2,21,22,24). The molecule has 1 aromatic carbocycles. The molecule has 1 heterocycles. The Labute approximate surface area is 160 Å². The monoisotopic (exact) mass is 374 g/mol. The fourth-order valence-corrected chi connectivity index (χ4v) is 3.34. The number of halogens is 1. The van der Waals surface area contributed by atoms with E-state index in [2.05, 4.69) is 32.3 Å².